The number of carbonyl (C=O) groups is 1. The van der Waals surface area contributed by atoms with Crippen LogP contribution in [0.3, 0.4) is 0 Å². The molecule has 0 saturated carbocycles. The minimum Gasteiger partial charge on any atom is -1.00 e. The first-order valence-corrected chi connectivity index (χ1v) is 9.83. The van der Waals surface area contributed by atoms with Gasteiger partial charge in [-0.2, -0.15) is 0 Å². The second-order valence-corrected chi connectivity index (χ2v) is 7.86. The standard InChI is InChI=1S/C21H17Cl2O2P.Li.H/c1-14-12-16(25-13-15-6-3-2-4-7-15)10-11-19(14)26-21(24)20-17(22)8-5-9-18(20)23;;/h2-12,26H,13H2,1H3;;/q;+1;-1. The summed E-state index contributed by atoms with van der Waals surface area (Å²) in [5.74, 6) is 0.781. The monoisotopic (exact) mass is 410 g/mol. The van der Waals surface area contributed by atoms with Crippen LogP contribution >= 0.6 is 31.8 Å². The maximum absolute atomic E-state index is 12.6. The number of carbonyl (C=O) groups excluding carboxylic acids is 1. The molecule has 0 radical (unpaired) electrons. The van der Waals surface area contributed by atoms with Gasteiger partial charge in [0.2, 0.25) is 0 Å². The van der Waals surface area contributed by atoms with Crippen molar-refractivity contribution in [2.24, 2.45) is 0 Å². The molecule has 0 N–H and O–H groups in total. The van der Waals surface area contributed by atoms with Crippen molar-refractivity contribution in [2.75, 3.05) is 0 Å². The van der Waals surface area contributed by atoms with E-state index in [0.29, 0.717) is 22.2 Å². The minimum absolute atomic E-state index is 0. The third-order valence-corrected chi connectivity index (χ3v) is 5.82. The Morgan fingerprint density at radius 3 is 2.30 bits per heavy atom. The van der Waals surface area contributed by atoms with Crippen molar-refractivity contribution in [3.05, 3.63) is 93.5 Å². The maximum Gasteiger partial charge on any atom is 1.00 e. The van der Waals surface area contributed by atoms with Gasteiger partial charge in [0, 0.05) is 0 Å². The summed E-state index contributed by atoms with van der Waals surface area (Å²) in [6.45, 7) is 2.48. The van der Waals surface area contributed by atoms with E-state index >= 15 is 0 Å². The summed E-state index contributed by atoms with van der Waals surface area (Å²) < 4.78 is 5.83. The molecule has 0 aliphatic rings. The van der Waals surface area contributed by atoms with Crippen LogP contribution in [0, 0.1) is 6.92 Å². The van der Waals surface area contributed by atoms with Crippen LogP contribution in [-0.4, -0.2) is 5.52 Å². The third kappa shape index (κ3) is 5.85. The van der Waals surface area contributed by atoms with Gasteiger partial charge in [0.05, 0.1) is 15.6 Å². The fourth-order valence-corrected chi connectivity index (χ4v) is 4.31. The molecule has 134 valence electrons. The molecule has 0 aliphatic heterocycles. The van der Waals surface area contributed by atoms with Crippen molar-refractivity contribution in [3.8, 4) is 5.75 Å². The summed E-state index contributed by atoms with van der Waals surface area (Å²) >= 11 is 12.3. The number of hydrogen-bond acceptors (Lipinski definition) is 2. The van der Waals surface area contributed by atoms with Crippen molar-refractivity contribution in [1.29, 1.82) is 0 Å². The van der Waals surface area contributed by atoms with Crippen LogP contribution in [0.1, 0.15) is 22.9 Å². The molecule has 27 heavy (non-hydrogen) atoms. The Labute approximate surface area is 184 Å². The number of rotatable bonds is 6. The maximum atomic E-state index is 12.6. The van der Waals surface area contributed by atoms with Crippen LogP contribution < -0.4 is 28.9 Å². The molecular formula is C21H18Cl2LiO2P. The zero-order valence-corrected chi connectivity index (χ0v) is 17.6. The number of benzene rings is 3. The SMILES string of the molecule is Cc1cc(OCc2ccccc2)ccc1PC(=O)c1c(Cl)cccc1Cl.[H-].[Li+]. The molecule has 0 spiro atoms. The molecule has 3 aromatic rings. The van der Waals surface area contributed by atoms with Gasteiger partial charge < -0.3 is 6.16 Å². The Hall–Kier alpha value is -1.26. The Morgan fingerprint density at radius 1 is 1.00 bits per heavy atom. The average molecular weight is 411 g/mol. The summed E-state index contributed by atoms with van der Waals surface area (Å²) in [5, 5.41) is 1.73. The van der Waals surface area contributed by atoms with Crippen molar-refractivity contribution < 1.29 is 29.8 Å². The predicted molar refractivity (Wildman–Crippen MR) is 112 cm³/mol. The molecule has 2 nitrogen and oxygen atoms in total. The fraction of sp³-hybridized carbons (Fsp3) is 0.0952. The second-order valence-electron chi connectivity index (χ2n) is 5.80. The molecule has 0 heterocycles. The smallest absolute Gasteiger partial charge is 1.00 e. The quantitative estimate of drug-likeness (QED) is 0.460. The van der Waals surface area contributed by atoms with E-state index in [1.54, 1.807) is 18.2 Å². The first kappa shape index (κ1) is 22.0. The van der Waals surface area contributed by atoms with Crippen LogP contribution in [0.5, 0.6) is 5.75 Å². The topological polar surface area (TPSA) is 26.3 Å². The third-order valence-electron chi connectivity index (χ3n) is 3.88. The van der Waals surface area contributed by atoms with Crippen molar-refractivity contribution in [3.63, 3.8) is 0 Å². The first-order valence-electron chi connectivity index (χ1n) is 8.07. The summed E-state index contributed by atoms with van der Waals surface area (Å²) in [5.41, 5.74) is 2.43. The normalized spacial score (nSPS) is 10.6. The van der Waals surface area contributed by atoms with Gasteiger partial charge in [-0.3, -0.25) is 4.79 Å². The predicted octanol–water partition coefficient (Wildman–Crippen LogP) is 3.14. The Balaban J connectivity index is 0.00000196. The number of halogens is 2. The molecular weight excluding hydrogens is 393 g/mol. The van der Waals surface area contributed by atoms with Gasteiger partial charge in [-0.25, -0.2) is 0 Å². The zero-order chi connectivity index (χ0) is 18.5. The van der Waals surface area contributed by atoms with Gasteiger partial charge in [0.25, 0.3) is 0 Å². The second kappa shape index (κ2) is 10.3. The molecule has 0 bridgehead atoms. The summed E-state index contributed by atoms with van der Waals surface area (Å²) in [7, 11) is -0.0448. The summed E-state index contributed by atoms with van der Waals surface area (Å²) in [6, 6.07) is 20.9. The average Bonchev–Trinajstić information content (AvgIpc) is 2.63. The van der Waals surface area contributed by atoms with Crippen LogP contribution in [0.15, 0.2) is 66.7 Å². The number of hydrogen-bond donors (Lipinski definition) is 0. The van der Waals surface area contributed by atoms with Gasteiger partial charge in [-0.15, -0.1) is 0 Å². The van der Waals surface area contributed by atoms with Gasteiger partial charge in [-0.05, 0) is 56.2 Å². The molecule has 3 aromatic carbocycles. The van der Waals surface area contributed by atoms with Crippen LogP contribution in [-0.2, 0) is 6.61 Å². The molecule has 3 rings (SSSR count). The molecule has 6 heteroatoms. The van der Waals surface area contributed by atoms with Gasteiger partial charge in [-0.1, -0.05) is 65.7 Å². The van der Waals surface area contributed by atoms with E-state index in [9.17, 15) is 4.79 Å². The van der Waals surface area contributed by atoms with Crippen molar-refractivity contribution in [2.45, 2.75) is 13.5 Å². The molecule has 0 fully saturated rings. The zero-order valence-electron chi connectivity index (χ0n) is 16.1. The first-order chi connectivity index (χ1) is 12.5. The van der Waals surface area contributed by atoms with E-state index in [1.807, 2.05) is 55.5 Å². The van der Waals surface area contributed by atoms with Crippen molar-refractivity contribution in [1.82, 2.24) is 0 Å². The fourth-order valence-electron chi connectivity index (χ4n) is 2.51. The van der Waals surface area contributed by atoms with E-state index in [1.165, 1.54) is 0 Å². The van der Waals surface area contributed by atoms with E-state index in [4.69, 9.17) is 27.9 Å². The molecule has 0 aliphatic carbocycles. The largest absolute Gasteiger partial charge is 1.00 e. The van der Waals surface area contributed by atoms with E-state index in [-0.39, 0.29) is 34.4 Å². The molecule has 0 aromatic heterocycles. The minimum atomic E-state index is -0.0679. The molecule has 0 saturated heterocycles. The van der Waals surface area contributed by atoms with E-state index < -0.39 is 0 Å². The molecule has 0 amide bonds. The van der Waals surface area contributed by atoms with E-state index in [2.05, 4.69) is 0 Å². The Kier molecular flexibility index (Phi) is 8.43. The Bertz CT molecular complexity index is 919. The molecule has 1 unspecified atom stereocenters. The van der Waals surface area contributed by atoms with Crippen LogP contribution in [0.2, 0.25) is 10.0 Å². The van der Waals surface area contributed by atoms with E-state index in [0.717, 1.165) is 22.2 Å². The Morgan fingerprint density at radius 2 is 1.67 bits per heavy atom. The number of aryl methyl sites for hydroxylation is 1. The number of ether oxygens (including phenoxy) is 1. The summed E-state index contributed by atoms with van der Waals surface area (Å²) in [6.07, 6.45) is 0. The molecule has 1 atom stereocenters. The van der Waals surface area contributed by atoms with Crippen molar-refractivity contribution >= 4 is 42.6 Å². The van der Waals surface area contributed by atoms with Crippen LogP contribution in [0.4, 0.5) is 0 Å². The van der Waals surface area contributed by atoms with Gasteiger partial charge in [0.15, 0.2) is 5.52 Å². The summed E-state index contributed by atoms with van der Waals surface area (Å²) in [4.78, 5) is 12.6. The van der Waals surface area contributed by atoms with Gasteiger partial charge in [0.1, 0.15) is 12.4 Å². The van der Waals surface area contributed by atoms with Crippen LogP contribution in [0.25, 0.3) is 0 Å². The van der Waals surface area contributed by atoms with Gasteiger partial charge >= 0.3 is 18.9 Å².